The number of imidazole rings is 1. The molecule has 1 N–H and O–H groups in total. The van der Waals surface area contributed by atoms with E-state index in [4.69, 9.17) is 4.42 Å². The maximum Gasteiger partial charge on any atom is 0.288 e. The zero-order chi connectivity index (χ0) is 19.2. The third-order valence-corrected chi connectivity index (χ3v) is 4.23. The van der Waals surface area contributed by atoms with Gasteiger partial charge in [0.05, 0.1) is 18.3 Å². The van der Waals surface area contributed by atoms with Crippen LogP contribution in [0.25, 0.3) is 5.52 Å². The Morgan fingerprint density at radius 1 is 1.15 bits per heavy atom. The van der Waals surface area contributed by atoms with Gasteiger partial charge in [0.25, 0.3) is 11.8 Å². The van der Waals surface area contributed by atoms with Gasteiger partial charge in [-0.2, -0.15) is 0 Å². The van der Waals surface area contributed by atoms with Gasteiger partial charge >= 0.3 is 0 Å². The van der Waals surface area contributed by atoms with Crippen molar-refractivity contribution < 1.29 is 14.0 Å². The maximum absolute atomic E-state index is 13.0. The molecule has 0 saturated carbocycles. The summed E-state index contributed by atoms with van der Waals surface area (Å²) in [5.41, 5.74) is 0.934. The van der Waals surface area contributed by atoms with Crippen LogP contribution in [0.2, 0.25) is 0 Å². The minimum absolute atomic E-state index is 0.146. The fourth-order valence-corrected chi connectivity index (χ4v) is 3.02. The van der Waals surface area contributed by atoms with E-state index >= 15 is 0 Å². The number of nitrogens with zero attached hydrogens (tertiary/aromatic N) is 3. The van der Waals surface area contributed by atoms with E-state index in [-0.39, 0.29) is 24.2 Å². The van der Waals surface area contributed by atoms with Crippen LogP contribution in [-0.4, -0.2) is 39.2 Å². The monoisotopic (exact) mass is 368 g/mol. The Morgan fingerprint density at radius 2 is 1.93 bits per heavy atom. The van der Waals surface area contributed by atoms with Crippen LogP contribution in [-0.2, 0) is 6.54 Å². The zero-order valence-corrected chi connectivity index (χ0v) is 15.6. The minimum atomic E-state index is -0.357. The number of amides is 2. The summed E-state index contributed by atoms with van der Waals surface area (Å²) in [6.07, 6.45) is 5.03. The molecule has 3 aromatic rings. The van der Waals surface area contributed by atoms with Crippen LogP contribution in [0.1, 0.15) is 53.6 Å². The molecule has 0 fully saturated rings. The summed E-state index contributed by atoms with van der Waals surface area (Å²) in [5.74, 6) is 0.336. The Hall–Kier alpha value is -3.09. The number of pyridine rings is 1. The Balaban J connectivity index is 1.90. The second kappa shape index (κ2) is 8.53. The molecule has 3 heterocycles. The molecular weight excluding hydrogens is 344 g/mol. The van der Waals surface area contributed by atoms with Gasteiger partial charge in [-0.1, -0.05) is 19.9 Å². The summed E-state index contributed by atoms with van der Waals surface area (Å²) < 4.78 is 6.89. The standard InChI is InChI=1S/C20H24N4O3/c1-3-10-23(11-4-2)20(26)17-16-9-5-6-12-24(16)18(22-17)19(25)21-14-15-8-7-13-27-15/h5-9,12-13H,3-4,10-11,14H2,1-2H3,(H,21,25). The number of furan rings is 1. The van der Waals surface area contributed by atoms with Crippen molar-refractivity contribution in [2.24, 2.45) is 0 Å². The molecule has 0 saturated heterocycles. The largest absolute Gasteiger partial charge is 0.467 e. The Kier molecular flexibility index (Phi) is 5.90. The van der Waals surface area contributed by atoms with Gasteiger partial charge < -0.3 is 14.6 Å². The van der Waals surface area contributed by atoms with Gasteiger partial charge in [-0.25, -0.2) is 4.98 Å². The van der Waals surface area contributed by atoms with E-state index in [0.717, 1.165) is 12.8 Å². The fraction of sp³-hybridized carbons (Fsp3) is 0.350. The Bertz CT molecular complexity index is 909. The van der Waals surface area contributed by atoms with Crippen molar-refractivity contribution in [1.82, 2.24) is 19.6 Å². The number of aromatic nitrogens is 2. The van der Waals surface area contributed by atoms with E-state index < -0.39 is 0 Å². The van der Waals surface area contributed by atoms with Crippen LogP contribution >= 0.6 is 0 Å². The van der Waals surface area contributed by atoms with E-state index in [1.165, 1.54) is 0 Å². The van der Waals surface area contributed by atoms with E-state index in [1.54, 1.807) is 40.0 Å². The van der Waals surface area contributed by atoms with Gasteiger partial charge in [-0.15, -0.1) is 0 Å². The first-order valence-electron chi connectivity index (χ1n) is 9.22. The van der Waals surface area contributed by atoms with Crippen molar-refractivity contribution in [2.75, 3.05) is 13.1 Å². The molecule has 3 rings (SSSR count). The molecule has 27 heavy (non-hydrogen) atoms. The first-order valence-corrected chi connectivity index (χ1v) is 9.22. The Morgan fingerprint density at radius 3 is 2.59 bits per heavy atom. The number of nitrogens with one attached hydrogen (secondary N) is 1. The number of hydrogen-bond donors (Lipinski definition) is 1. The van der Waals surface area contributed by atoms with Crippen molar-refractivity contribution in [1.29, 1.82) is 0 Å². The molecule has 0 radical (unpaired) electrons. The molecule has 0 unspecified atom stereocenters. The topological polar surface area (TPSA) is 79.8 Å². The summed E-state index contributed by atoms with van der Waals surface area (Å²) in [5, 5.41) is 2.78. The lowest BCUT2D eigenvalue weighted by molar-refractivity contribution is 0.0752. The molecule has 0 atom stereocenters. The molecule has 0 aliphatic heterocycles. The smallest absolute Gasteiger partial charge is 0.288 e. The molecule has 142 valence electrons. The van der Waals surface area contributed by atoms with Crippen LogP contribution in [0, 0.1) is 0 Å². The quantitative estimate of drug-likeness (QED) is 0.662. The number of hydrogen-bond acceptors (Lipinski definition) is 4. The minimum Gasteiger partial charge on any atom is -0.467 e. The summed E-state index contributed by atoms with van der Waals surface area (Å²) >= 11 is 0. The number of rotatable bonds is 8. The van der Waals surface area contributed by atoms with E-state index in [9.17, 15) is 9.59 Å². The van der Waals surface area contributed by atoms with Gasteiger partial charge in [0.2, 0.25) is 5.82 Å². The highest BCUT2D eigenvalue weighted by molar-refractivity contribution is 6.02. The number of carbonyl (C=O) groups excluding carboxylic acids is 2. The number of fused-ring (bicyclic) bond motifs is 1. The lowest BCUT2D eigenvalue weighted by Crippen LogP contribution is -2.33. The normalized spacial score (nSPS) is 10.9. The van der Waals surface area contributed by atoms with Gasteiger partial charge in [0.15, 0.2) is 5.69 Å². The van der Waals surface area contributed by atoms with E-state index in [1.807, 2.05) is 26.0 Å². The molecular formula is C20H24N4O3. The Labute approximate surface area is 158 Å². The first kappa shape index (κ1) is 18.7. The van der Waals surface area contributed by atoms with Crippen LogP contribution in [0.5, 0.6) is 0 Å². The molecule has 0 aliphatic rings. The molecule has 0 spiro atoms. The molecule has 2 amide bonds. The van der Waals surface area contributed by atoms with E-state index in [2.05, 4.69) is 10.3 Å². The summed E-state index contributed by atoms with van der Waals surface area (Å²) in [7, 11) is 0. The lowest BCUT2D eigenvalue weighted by Gasteiger charge is -2.20. The van der Waals surface area contributed by atoms with Crippen molar-refractivity contribution >= 4 is 17.3 Å². The second-order valence-electron chi connectivity index (χ2n) is 6.29. The molecule has 3 aromatic heterocycles. The second-order valence-corrected chi connectivity index (χ2v) is 6.29. The summed E-state index contributed by atoms with van der Waals surface area (Å²) in [6, 6.07) is 9.00. The third-order valence-electron chi connectivity index (χ3n) is 4.23. The summed E-state index contributed by atoms with van der Waals surface area (Å²) in [4.78, 5) is 31.9. The van der Waals surface area contributed by atoms with Crippen molar-refractivity contribution in [3.05, 3.63) is 60.1 Å². The predicted octanol–water partition coefficient (Wildman–Crippen LogP) is 3.12. The van der Waals surface area contributed by atoms with Gasteiger partial charge in [-0.05, 0) is 37.1 Å². The molecule has 7 nitrogen and oxygen atoms in total. The lowest BCUT2D eigenvalue weighted by atomic mass is 10.2. The SMILES string of the molecule is CCCN(CCC)C(=O)c1nc(C(=O)NCc2ccco2)n2ccccc12. The molecule has 0 aliphatic carbocycles. The van der Waals surface area contributed by atoms with Crippen molar-refractivity contribution in [2.45, 2.75) is 33.2 Å². The number of carbonyl (C=O) groups is 2. The average molecular weight is 368 g/mol. The highest BCUT2D eigenvalue weighted by Crippen LogP contribution is 2.16. The van der Waals surface area contributed by atoms with Crippen molar-refractivity contribution in [3.8, 4) is 0 Å². The molecule has 0 aromatic carbocycles. The predicted molar refractivity (Wildman–Crippen MR) is 102 cm³/mol. The van der Waals surface area contributed by atoms with Crippen molar-refractivity contribution in [3.63, 3.8) is 0 Å². The van der Waals surface area contributed by atoms with Gasteiger partial charge in [0.1, 0.15) is 5.76 Å². The van der Waals surface area contributed by atoms with Crippen LogP contribution in [0.15, 0.2) is 47.2 Å². The molecule has 7 heteroatoms. The van der Waals surface area contributed by atoms with Crippen LogP contribution in [0.3, 0.4) is 0 Å². The first-order chi connectivity index (χ1) is 13.2. The summed E-state index contributed by atoms with van der Waals surface area (Å²) in [6.45, 7) is 5.66. The maximum atomic E-state index is 13.0. The van der Waals surface area contributed by atoms with Crippen LogP contribution < -0.4 is 5.32 Å². The fourth-order valence-electron chi connectivity index (χ4n) is 3.02. The third kappa shape index (κ3) is 4.02. The van der Waals surface area contributed by atoms with Gasteiger partial charge in [-0.3, -0.25) is 14.0 Å². The van der Waals surface area contributed by atoms with Crippen LogP contribution in [0.4, 0.5) is 0 Å². The zero-order valence-electron chi connectivity index (χ0n) is 15.6. The van der Waals surface area contributed by atoms with Gasteiger partial charge in [0, 0.05) is 19.3 Å². The van der Waals surface area contributed by atoms with E-state index in [0.29, 0.717) is 30.1 Å². The highest BCUT2D eigenvalue weighted by Gasteiger charge is 2.24. The molecule has 0 bridgehead atoms. The highest BCUT2D eigenvalue weighted by atomic mass is 16.3. The average Bonchev–Trinajstić information content (AvgIpc) is 3.33.